The molecular weight excluding hydrogens is 216 g/mol. The molecule has 1 heterocycles. The number of rotatable bonds is 4. The van der Waals surface area contributed by atoms with Crippen molar-refractivity contribution in [3.63, 3.8) is 0 Å². The minimum Gasteiger partial charge on any atom is -0.340 e. The van der Waals surface area contributed by atoms with E-state index in [1.54, 1.807) is 0 Å². The van der Waals surface area contributed by atoms with Crippen LogP contribution < -0.4 is 0 Å². The van der Waals surface area contributed by atoms with Crippen LogP contribution in [-0.4, -0.2) is 60.6 Å². The molecule has 1 amide bonds. The Hall–Kier alpha value is -0.610. The molecule has 0 unspecified atom stereocenters. The Labute approximate surface area is 95.2 Å². The van der Waals surface area contributed by atoms with Gasteiger partial charge in [0.25, 0.3) is 0 Å². The molecule has 0 radical (unpaired) electrons. The molecule has 0 N–H and O–H groups in total. The maximum Gasteiger partial charge on any atom is 0.223 e. The third kappa shape index (κ3) is 4.18. The van der Waals surface area contributed by atoms with Gasteiger partial charge < -0.3 is 9.80 Å². The lowest BCUT2D eigenvalue weighted by atomic mass is 10.2. The predicted molar refractivity (Wildman–Crippen MR) is 59.0 cm³/mol. The van der Waals surface area contributed by atoms with Crippen molar-refractivity contribution < 1.29 is 9.59 Å². The number of carbonyl (C=O) groups is 2. The van der Waals surface area contributed by atoms with Crippen LogP contribution in [0.1, 0.15) is 12.8 Å². The van der Waals surface area contributed by atoms with Gasteiger partial charge in [-0.25, -0.2) is 0 Å². The molecule has 0 aromatic rings. The van der Waals surface area contributed by atoms with Crippen molar-refractivity contribution in [1.82, 2.24) is 9.80 Å². The van der Waals surface area contributed by atoms with Gasteiger partial charge in [0.1, 0.15) is 5.78 Å². The highest BCUT2D eigenvalue weighted by Crippen LogP contribution is 2.04. The summed E-state index contributed by atoms with van der Waals surface area (Å²) in [6, 6.07) is 0. The number of carbonyl (C=O) groups excluding carboxylic acids is 2. The maximum atomic E-state index is 11.6. The fraction of sp³-hybridized carbons (Fsp3) is 0.800. The molecule has 0 aromatic carbocycles. The number of amides is 1. The fourth-order valence-electron chi connectivity index (χ4n) is 1.53. The molecule has 1 fully saturated rings. The van der Waals surface area contributed by atoms with Gasteiger partial charge in [-0.1, -0.05) is 0 Å². The van der Waals surface area contributed by atoms with Crippen molar-refractivity contribution in [2.45, 2.75) is 12.8 Å². The topological polar surface area (TPSA) is 40.6 Å². The predicted octanol–water partition coefficient (Wildman–Crippen LogP) is 0.349. The number of Topliss-reactive ketones (excluding diaryl/α,β-unsaturated/α-hetero) is 1. The van der Waals surface area contributed by atoms with E-state index in [0.717, 1.165) is 26.2 Å². The molecule has 1 saturated heterocycles. The van der Waals surface area contributed by atoms with Crippen molar-refractivity contribution >= 4 is 23.3 Å². The largest absolute Gasteiger partial charge is 0.340 e. The summed E-state index contributed by atoms with van der Waals surface area (Å²) in [5.41, 5.74) is 0. The molecule has 0 saturated carbocycles. The van der Waals surface area contributed by atoms with Crippen LogP contribution in [0.25, 0.3) is 0 Å². The number of halogens is 1. The Morgan fingerprint density at radius 1 is 1.13 bits per heavy atom. The summed E-state index contributed by atoms with van der Waals surface area (Å²) in [5, 5.41) is 0. The maximum absolute atomic E-state index is 11.6. The van der Waals surface area contributed by atoms with Crippen LogP contribution in [0, 0.1) is 0 Å². The molecule has 1 rings (SSSR count). The quantitative estimate of drug-likeness (QED) is 0.657. The number of nitrogens with zero attached hydrogens (tertiary/aromatic N) is 2. The lowest BCUT2D eigenvalue weighted by Gasteiger charge is -2.32. The summed E-state index contributed by atoms with van der Waals surface area (Å²) < 4.78 is 0. The molecule has 5 heteroatoms. The number of alkyl halides is 1. The van der Waals surface area contributed by atoms with E-state index in [1.165, 1.54) is 0 Å². The first-order valence-corrected chi connectivity index (χ1v) is 5.71. The van der Waals surface area contributed by atoms with E-state index in [-0.39, 0.29) is 24.0 Å². The summed E-state index contributed by atoms with van der Waals surface area (Å²) in [4.78, 5) is 26.6. The Morgan fingerprint density at radius 2 is 1.73 bits per heavy atom. The molecule has 0 aliphatic carbocycles. The van der Waals surface area contributed by atoms with Crippen LogP contribution in [-0.2, 0) is 9.59 Å². The van der Waals surface area contributed by atoms with Crippen molar-refractivity contribution in [3.05, 3.63) is 0 Å². The highest BCUT2D eigenvalue weighted by atomic mass is 35.5. The molecule has 15 heavy (non-hydrogen) atoms. The minimum atomic E-state index is -0.0563. The molecule has 0 bridgehead atoms. The first-order valence-electron chi connectivity index (χ1n) is 5.17. The summed E-state index contributed by atoms with van der Waals surface area (Å²) in [6.07, 6.45) is 0.573. The second-order valence-corrected chi connectivity index (χ2v) is 4.12. The van der Waals surface area contributed by atoms with Crippen LogP contribution in [0.2, 0.25) is 0 Å². The monoisotopic (exact) mass is 232 g/mol. The van der Waals surface area contributed by atoms with Crippen LogP contribution in [0.15, 0.2) is 0 Å². The van der Waals surface area contributed by atoms with Gasteiger partial charge in [0.2, 0.25) is 5.91 Å². The average molecular weight is 233 g/mol. The summed E-state index contributed by atoms with van der Waals surface area (Å²) >= 11 is 5.36. The number of ketones is 1. The van der Waals surface area contributed by atoms with Crippen LogP contribution in [0.3, 0.4) is 0 Å². The normalized spacial score (nSPS) is 17.9. The summed E-state index contributed by atoms with van der Waals surface area (Å²) in [7, 11) is 2.04. The van der Waals surface area contributed by atoms with Crippen LogP contribution in [0.4, 0.5) is 0 Å². The van der Waals surface area contributed by atoms with E-state index in [4.69, 9.17) is 11.6 Å². The number of likely N-dealkylation sites (N-methyl/N-ethyl adjacent to an activating group) is 1. The molecule has 86 valence electrons. The number of hydrogen-bond donors (Lipinski definition) is 0. The van der Waals surface area contributed by atoms with E-state index < -0.39 is 0 Å². The highest BCUT2D eigenvalue weighted by molar-refractivity contribution is 6.27. The zero-order valence-electron chi connectivity index (χ0n) is 9.04. The summed E-state index contributed by atoms with van der Waals surface area (Å²) in [6.45, 7) is 3.36. The smallest absolute Gasteiger partial charge is 0.223 e. The van der Waals surface area contributed by atoms with Crippen molar-refractivity contribution in [1.29, 1.82) is 0 Å². The molecule has 0 atom stereocenters. The molecule has 4 nitrogen and oxygen atoms in total. The van der Waals surface area contributed by atoms with Crippen molar-refractivity contribution in [3.8, 4) is 0 Å². The lowest BCUT2D eigenvalue weighted by Crippen LogP contribution is -2.47. The lowest BCUT2D eigenvalue weighted by molar-refractivity contribution is -0.134. The summed E-state index contributed by atoms with van der Waals surface area (Å²) in [5.74, 6) is 0.0245. The Balaban J connectivity index is 2.25. The van der Waals surface area contributed by atoms with Gasteiger partial charge >= 0.3 is 0 Å². The highest BCUT2D eigenvalue weighted by Gasteiger charge is 2.19. The minimum absolute atomic E-state index is 0.00994. The van der Waals surface area contributed by atoms with Gasteiger partial charge in [0.05, 0.1) is 5.88 Å². The van der Waals surface area contributed by atoms with Crippen LogP contribution in [0.5, 0.6) is 0 Å². The zero-order valence-corrected chi connectivity index (χ0v) is 9.79. The molecule has 0 spiro atoms. The van der Waals surface area contributed by atoms with Gasteiger partial charge in [-0.15, -0.1) is 11.6 Å². The standard InChI is InChI=1S/C10H17ClN2O2/c1-12-4-6-13(7-5-12)10(15)3-2-9(14)8-11/h2-8H2,1H3. The third-order valence-corrected chi connectivity index (χ3v) is 2.92. The van der Waals surface area contributed by atoms with Crippen LogP contribution >= 0.6 is 11.6 Å². The Bertz CT molecular complexity index is 238. The van der Waals surface area contributed by atoms with E-state index in [0.29, 0.717) is 6.42 Å². The van der Waals surface area contributed by atoms with E-state index in [2.05, 4.69) is 4.90 Å². The fourth-order valence-corrected chi connectivity index (χ4v) is 1.66. The third-order valence-electron chi connectivity index (χ3n) is 2.62. The first kappa shape index (κ1) is 12.5. The molecule has 1 aliphatic rings. The van der Waals surface area contributed by atoms with Gasteiger partial charge in [0.15, 0.2) is 0 Å². The van der Waals surface area contributed by atoms with Crippen molar-refractivity contribution in [2.24, 2.45) is 0 Å². The molecular formula is C10H17ClN2O2. The van der Waals surface area contributed by atoms with Gasteiger partial charge in [0, 0.05) is 39.0 Å². The SMILES string of the molecule is CN1CCN(C(=O)CCC(=O)CCl)CC1. The molecule has 1 aliphatic heterocycles. The second kappa shape index (κ2) is 6.08. The number of piperazine rings is 1. The number of hydrogen-bond acceptors (Lipinski definition) is 3. The van der Waals surface area contributed by atoms with E-state index >= 15 is 0 Å². The van der Waals surface area contributed by atoms with Crippen molar-refractivity contribution in [2.75, 3.05) is 39.1 Å². The second-order valence-electron chi connectivity index (χ2n) is 3.86. The van der Waals surface area contributed by atoms with E-state index in [9.17, 15) is 9.59 Å². The molecule has 0 aromatic heterocycles. The Kier molecular flexibility index (Phi) is 5.05. The van der Waals surface area contributed by atoms with Gasteiger partial charge in [-0.05, 0) is 7.05 Å². The first-order chi connectivity index (χ1) is 7.13. The van der Waals surface area contributed by atoms with Gasteiger partial charge in [-0.3, -0.25) is 9.59 Å². The van der Waals surface area contributed by atoms with Gasteiger partial charge in [-0.2, -0.15) is 0 Å². The zero-order chi connectivity index (χ0) is 11.3. The van der Waals surface area contributed by atoms with E-state index in [1.807, 2.05) is 11.9 Å². The average Bonchev–Trinajstić information content (AvgIpc) is 2.26. The Morgan fingerprint density at radius 3 is 2.27 bits per heavy atom.